The summed E-state index contributed by atoms with van der Waals surface area (Å²) >= 11 is 6.11. The van der Waals surface area contributed by atoms with Crippen molar-refractivity contribution < 1.29 is 0 Å². The molecule has 2 N–H and O–H groups in total. The Hall–Kier alpha value is -2.18. The van der Waals surface area contributed by atoms with Crippen molar-refractivity contribution in [2.75, 3.05) is 18.4 Å². The molecule has 0 atom stereocenters. The fourth-order valence-corrected chi connectivity index (χ4v) is 3.31. The highest BCUT2D eigenvalue weighted by Crippen LogP contribution is 2.29. The first-order valence-corrected chi connectivity index (χ1v) is 8.52. The summed E-state index contributed by atoms with van der Waals surface area (Å²) in [6, 6.07) is 6.16. The molecule has 0 amide bonds. The Labute approximate surface area is 145 Å². The second-order valence-corrected chi connectivity index (χ2v) is 6.55. The van der Waals surface area contributed by atoms with E-state index in [2.05, 4.69) is 25.7 Å². The quantitative estimate of drug-likeness (QED) is 0.763. The number of hydrogen-bond donors (Lipinski definition) is 2. The van der Waals surface area contributed by atoms with Gasteiger partial charge in [-0.25, -0.2) is 14.6 Å². The number of fused-ring (bicyclic) bond motifs is 1. The molecule has 124 valence electrons. The third kappa shape index (κ3) is 2.83. The molecule has 4 rings (SSSR count). The van der Waals surface area contributed by atoms with Crippen molar-refractivity contribution in [3.05, 3.63) is 41.3 Å². The number of hydrogen-bond acceptors (Lipinski definition) is 5. The molecule has 3 aromatic rings. The Morgan fingerprint density at radius 1 is 1.25 bits per heavy atom. The molecule has 1 aliphatic heterocycles. The van der Waals surface area contributed by atoms with Crippen LogP contribution >= 0.6 is 11.6 Å². The van der Waals surface area contributed by atoms with Gasteiger partial charge in [0, 0.05) is 10.7 Å². The van der Waals surface area contributed by atoms with Gasteiger partial charge >= 0.3 is 0 Å². The monoisotopic (exact) mass is 342 g/mol. The highest BCUT2D eigenvalue weighted by Gasteiger charge is 2.19. The lowest BCUT2D eigenvalue weighted by molar-refractivity contribution is 0.349. The number of halogens is 1. The van der Waals surface area contributed by atoms with Crippen molar-refractivity contribution >= 4 is 34.1 Å². The Balaban J connectivity index is 1.71. The number of aryl methyl sites for hydroxylation is 1. The minimum atomic E-state index is 0.388. The van der Waals surface area contributed by atoms with Crippen molar-refractivity contribution in [2.24, 2.45) is 0 Å². The first-order chi connectivity index (χ1) is 11.7. The third-order valence-corrected chi connectivity index (χ3v) is 4.73. The van der Waals surface area contributed by atoms with E-state index >= 15 is 0 Å². The predicted molar refractivity (Wildman–Crippen MR) is 95.9 cm³/mol. The van der Waals surface area contributed by atoms with E-state index in [1.165, 1.54) is 0 Å². The number of piperidine rings is 1. The minimum Gasteiger partial charge on any atom is -0.339 e. The van der Waals surface area contributed by atoms with Crippen LogP contribution in [0.2, 0.25) is 5.02 Å². The predicted octanol–water partition coefficient (Wildman–Crippen LogP) is 3.46. The zero-order chi connectivity index (χ0) is 16.5. The molecule has 7 heteroatoms. The van der Waals surface area contributed by atoms with Gasteiger partial charge in [0.25, 0.3) is 0 Å². The van der Waals surface area contributed by atoms with Crippen LogP contribution in [-0.2, 0) is 0 Å². The number of benzene rings is 1. The molecule has 0 spiro atoms. The maximum absolute atomic E-state index is 6.11. The summed E-state index contributed by atoms with van der Waals surface area (Å²) in [6.45, 7) is 4.07. The number of aromatic nitrogens is 4. The van der Waals surface area contributed by atoms with Gasteiger partial charge < -0.3 is 10.6 Å². The molecule has 1 aromatic carbocycles. The van der Waals surface area contributed by atoms with Crippen LogP contribution in [0.1, 0.15) is 24.4 Å². The average Bonchev–Trinajstić information content (AvgIpc) is 3.04. The summed E-state index contributed by atoms with van der Waals surface area (Å²) in [5.41, 5.74) is 2.92. The maximum Gasteiger partial charge on any atom is 0.163 e. The van der Waals surface area contributed by atoms with Crippen LogP contribution in [0.15, 0.2) is 30.7 Å². The molecule has 24 heavy (non-hydrogen) atoms. The lowest BCUT2D eigenvalue weighted by Crippen LogP contribution is -2.29. The standard InChI is InChI=1S/C17H19ClN6/c1-11-2-3-12(18)8-15(11)23-16-14-9-22-24(17(14)21-10-20-16)13-4-6-19-7-5-13/h2-3,8-10,13,19H,4-7H2,1H3,(H,20,21,23). The van der Waals surface area contributed by atoms with Crippen molar-refractivity contribution in [1.29, 1.82) is 0 Å². The van der Waals surface area contributed by atoms with E-state index in [-0.39, 0.29) is 0 Å². The van der Waals surface area contributed by atoms with Crippen LogP contribution in [0.3, 0.4) is 0 Å². The zero-order valence-electron chi connectivity index (χ0n) is 13.5. The van der Waals surface area contributed by atoms with Crippen LogP contribution in [0.5, 0.6) is 0 Å². The second kappa shape index (κ2) is 6.37. The highest BCUT2D eigenvalue weighted by molar-refractivity contribution is 6.30. The van der Waals surface area contributed by atoms with E-state index in [4.69, 9.17) is 11.6 Å². The molecule has 1 saturated heterocycles. The largest absolute Gasteiger partial charge is 0.339 e. The Morgan fingerprint density at radius 3 is 2.92 bits per heavy atom. The molecule has 0 bridgehead atoms. The van der Waals surface area contributed by atoms with Gasteiger partial charge in [-0.1, -0.05) is 17.7 Å². The third-order valence-electron chi connectivity index (χ3n) is 4.50. The van der Waals surface area contributed by atoms with Gasteiger partial charge in [-0.15, -0.1) is 0 Å². The number of nitrogens with one attached hydrogen (secondary N) is 2. The van der Waals surface area contributed by atoms with Crippen LogP contribution in [0.25, 0.3) is 11.0 Å². The molecule has 3 heterocycles. The number of rotatable bonds is 3. The molecule has 0 radical (unpaired) electrons. The summed E-state index contributed by atoms with van der Waals surface area (Å²) in [7, 11) is 0. The van der Waals surface area contributed by atoms with E-state index in [1.807, 2.05) is 36.0 Å². The Bertz CT molecular complexity index is 869. The lowest BCUT2D eigenvalue weighted by atomic mass is 10.1. The first-order valence-electron chi connectivity index (χ1n) is 8.14. The maximum atomic E-state index is 6.11. The van der Waals surface area contributed by atoms with E-state index in [0.29, 0.717) is 11.1 Å². The van der Waals surface area contributed by atoms with Crippen molar-refractivity contribution in [3.8, 4) is 0 Å². The van der Waals surface area contributed by atoms with Gasteiger partial charge in [-0.2, -0.15) is 5.10 Å². The van der Waals surface area contributed by atoms with Crippen LogP contribution in [0, 0.1) is 6.92 Å². The summed E-state index contributed by atoms with van der Waals surface area (Å²) < 4.78 is 2.04. The SMILES string of the molecule is Cc1ccc(Cl)cc1Nc1ncnc2c1cnn2C1CCNCC1. The van der Waals surface area contributed by atoms with Crippen molar-refractivity contribution in [1.82, 2.24) is 25.1 Å². The summed E-state index contributed by atoms with van der Waals surface area (Å²) in [4.78, 5) is 8.86. The molecule has 0 aliphatic carbocycles. The van der Waals surface area contributed by atoms with E-state index in [1.54, 1.807) is 6.33 Å². The molecular weight excluding hydrogens is 324 g/mol. The topological polar surface area (TPSA) is 67.7 Å². The van der Waals surface area contributed by atoms with Crippen LogP contribution < -0.4 is 10.6 Å². The number of nitrogens with zero attached hydrogens (tertiary/aromatic N) is 4. The minimum absolute atomic E-state index is 0.388. The van der Waals surface area contributed by atoms with E-state index < -0.39 is 0 Å². The van der Waals surface area contributed by atoms with Crippen molar-refractivity contribution in [2.45, 2.75) is 25.8 Å². The van der Waals surface area contributed by atoms with E-state index in [9.17, 15) is 0 Å². The fraction of sp³-hybridized carbons (Fsp3) is 0.353. The lowest BCUT2D eigenvalue weighted by Gasteiger charge is -2.23. The molecule has 0 unspecified atom stereocenters. The zero-order valence-corrected chi connectivity index (χ0v) is 14.2. The van der Waals surface area contributed by atoms with Gasteiger partial charge in [0.2, 0.25) is 0 Å². The van der Waals surface area contributed by atoms with Crippen LogP contribution in [0.4, 0.5) is 11.5 Å². The molecular formula is C17H19ClN6. The Kier molecular flexibility index (Phi) is 4.08. The van der Waals surface area contributed by atoms with Gasteiger partial charge in [-0.05, 0) is 50.6 Å². The molecule has 0 saturated carbocycles. The van der Waals surface area contributed by atoms with Gasteiger partial charge in [0.05, 0.1) is 17.6 Å². The van der Waals surface area contributed by atoms with Gasteiger partial charge in [0.15, 0.2) is 5.65 Å². The summed E-state index contributed by atoms with van der Waals surface area (Å²) in [6.07, 6.45) is 5.57. The smallest absolute Gasteiger partial charge is 0.163 e. The molecule has 2 aromatic heterocycles. The summed E-state index contributed by atoms with van der Waals surface area (Å²) in [5.74, 6) is 0.755. The fourth-order valence-electron chi connectivity index (χ4n) is 3.14. The first kappa shape index (κ1) is 15.4. The van der Waals surface area contributed by atoms with Gasteiger partial charge in [0.1, 0.15) is 12.1 Å². The molecule has 1 fully saturated rings. The van der Waals surface area contributed by atoms with Gasteiger partial charge in [-0.3, -0.25) is 0 Å². The highest BCUT2D eigenvalue weighted by atomic mass is 35.5. The normalized spacial score (nSPS) is 15.8. The average molecular weight is 343 g/mol. The van der Waals surface area contributed by atoms with E-state index in [0.717, 1.165) is 54.0 Å². The second-order valence-electron chi connectivity index (χ2n) is 6.11. The molecule has 1 aliphatic rings. The Morgan fingerprint density at radius 2 is 2.08 bits per heavy atom. The molecule has 6 nitrogen and oxygen atoms in total. The number of anilines is 2. The van der Waals surface area contributed by atoms with Crippen molar-refractivity contribution in [3.63, 3.8) is 0 Å². The summed E-state index contributed by atoms with van der Waals surface area (Å²) in [5, 5.41) is 13.0. The van der Waals surface area contributed by atoms with Crippen LogP contribution in [-0.4, -0.2) is 32.8 Å².